The first-order chi connectivity index (χ1) is 59.5. The summed E-state index contributed by atoms with van der Waals surface area (Å²) in [7, 11) is 0. The number of benzene rings is 10. The van der Waals surface area contributed by atoms with Crippen molar-refractivity contribution in [3.63, 3.8) is 0 Å². The van der Waals surface area contributed by atoms with E-state index >= 15 is 0 Å². The highest BCUT2D eigenvalue weighted by Gasteiger charge is 2.23. The van der Waals surface area contributed by atoms with Gasteiger partial charge in [0.2, 0.25) is 0 Å². The van der Waals surface area contributed by atoms with E-state index in [0.29, 0.717) is 58.2 Å². The summed E-state index contributed by atoms with van der Waals surface area (Å²) < 4.78 is 0. The molecule has 20 rings (SSSR count). The molecule has 10 heterocycles. The minimum absolute atomic E-state index is 0.521. The number of hydrogen-bond acceptors (Lipinski definition) is 18. The Morgan fingerprint density at radius 2 is 0.317 bits per heavy atom. The molecule has 0 aliphatic heterocycles. The summed E-state index contributed by atoms with van der Waals surface area (Å²) in [6.07, 6.45) is 28.5. The van der Waals surface area contributed by atoms with Crippen molar-refractivity contribution in [2.24, 2.45) is 0 Å². The summed E-state index contributed by atoms with van der Waals surface area (Å²) in [6, 6.07) is 102. The quantitative estimate of drug-likeness (QED) is 0.0777. The molecule has 0 radical (unpaired) electrons. The predicted octanol–water partition coefficient (Wildman–Crippen LogP) is 22.5. The molecule has 0 fully saturated rings. The third-order valence-corrected chi connectivity index (χ3v) is 20.4. The number of hydrogen-bond donors (Lipinski definition) is 0. The summed E-state index contributed by atoms with van der Waals surface area (Å²) >= 11 is 0. The normalized spacial score (nSPS) is 11.0. The van der Waals surface area contributed by atoms with Crippen LogP contribution in [-0.4, -0.2) is 89.7 Å². The highest BCUT2D eigenvalue weighted by atomic mass is 15.0. The molecule has 0 aliphatic rings. The van der Waals surface area contributed by atoms with Gasteiger partial charge in [-0.25, -0.2) is 69.8 Å². The topological polar surface area (TPSA) is 232 Å². The molecular weight excluding hydrogens is 1480 g/mol. The van der Waals surface area contributed by atoms with Gasteiger partial charge < -0.3 is 0 Å². The molecule has 564 valence electrons. The minimum Gasteiger partial charge on any atom is -0.265 e. The van der Waals surface area contributed by atoms with Crippen LogP contribution in [0.25, 0.3) is 203 Å². The van der Waals surface area contributed by atoms with E-state index in [2.05, 4.69) is 181 Å². The van der Waals surface area contributed by atoms with Crippen LogP contribution >= 0.6 is 0 Å². The van der Waals surface area contributed by atoms with Crippen molar-refractivity contribution in [1.29, 1.82) is 0 Å². The van der Waals surface area contributed by atoms with Gasteiger partial charge in [-0.15, -0.1) is 0 Å². The fourth-order valence-electron chi connectivity index (χ4n) is 14.6. The first-order valence-corrected chi connectivity index (χ1v) is 38.8. The van der Waals surface area contributed by atoms with Gasteiger partial charge >= 0.3 is 0 Å². The second kappa shape index (κ2) is 34.1. The molecule has 10 aromatic carbocycles. The first-order valence-electron chi connectivity index (χ1n) is 38.8. The van der Waals surface area contributed by atoms with Crippen molar-refractivity contribution >= 4 is 0 Å². The van der Waals surface area contributed by atoms with E-state index in [1.165, 1.54) is 0 Å². The van der Waals surface area contributed by atoms with Crippen LogP contribution in [0.4, 0.5) is 0 Å². The monoisotopic (exact) mass is 1540 g/mol. The van der Waals surface area contributed by atoms with E-state index in [-0.39, 0.29) is 0 Å². The fraction of sp³-hybridized carbons (Fsp3) is 0. The molecule has 18 heteroatoms. The molecule has 0 unspecified atom stereocenters. The Hall–Kier alpha value is -16.9. The van der Waals surface area contributed by atoms with Crippen LogP contribution in [0.1, 0.15) is 0 Å². The van der Waals surface area contributed by atoms with Gasteiger partial charge in [-0.1, -0.05) is 158 Å². The van der Waals surface area contributed by atoms with E-state index in [1.807, 2.05) is 207 Å². The first kappa shape index (κ1) is 73.3. The Morgan fingerprint density at radius 1 is 0.108 bits per heavy atom. The van der Waals surface area contributed by atoms with Crippen LogP contribution in [0.5, 0.6) is 0 Å². The highest BCUT2D eigenvalue weighted by molar-refractivity contribution is 5.93. The predicted molar refractivity (Wildman–Crippen MR) is 471 cm³/mol. The van der Waals surface area contributed by atoms with Crippen LogP contribution < -0.4 is 0 Å². The van der Waals surface area contributed by atoms with E-state index in [9.17, 15) is 0 Å². The van der Waals surface area contributed by atoms with Gasteiger partial charge in [0.25, 0.3) is 0 Å². The van der Waals surface area contributed by atoms with Gasteiger partial charge in [0.05, 0.1) is 0 Å². The van der Waals surface area contributed by atoms with E-state index in [1.54, 1.807) is 73.8 Å². The van der Waals surface area contributed by atoms with Crippen LogP contribution in [0.3, 0.4) is 0 Å². The van der Waals surface area contributed by atoms with Crippen molar-refractivity contribution in [2.75, 3.05) is 0 Å². The molecule has 0 spiro atoms. The number of nitrogens with zero attached hydrogens (tertiary/aromatic N) is 18. The lowest BCUT2D eigenvalue weighted by Crippen LogP contribution is -2.01. The highest BCUT2D eigenvalue weighted by Crippen LogP contribution is 2.44. The van der Waals surface area contributed by atoms with Crippen molar-refractivity contribution < 1.29 is 0 Å². The number of pyridine rings is 4. The van der Waals surface area contributed by atoms with Gasteiger partial charge in [-0.2, -0.15) is 0 Å². The molecule has 0 saturated carbocycles. The average Bonchev–Trinajstić information content (AvgIpc) is 0.767. The zero-order valence-corrected chi connectivity index (χ0v) is 64.2. The zero-order chi connectivity index (χ0) is 80.2. The molecule has 120 heavy (non-hydrogen) atoms. The summed E-state index contributed by atoms with van der Waals surface area (Å²) in [5, 5.41) is 0. The summed E-state index contributed by atoms with van der Waals surface area (Å²) in [4.78, 5) is 84.5. The van der Waals surface area contributed by atoms with Gasteiger partial charge in [-0.3, -0.25) is 19.9 Å². The van der Waals surface area contributed by atoms with Gasteiger partial charge in [-0.05, 0) is 235 Å². The van der Waals surface area contributed by atoms with Crippen LogP contribution in [-0.2, 0) is 0 Å². The Labute approximate surface area is 690 Å². The molecule has 0 saturated heterocycles. The Morgan fingerprint density at radius 3 is 0.575 bits per heavy atom. The molecule has 18 nitrogen and oxygen atoms in total. The third kappa shape index (κ3) is 16.1. The second-order valence-corrected chi connectivity index (χ2v) is 27.9. The summed E-state index contributed by atoms with van der Waals surface area (Å²) in [6.45, 7) is 0. The Bertz CT molecular complexity index is 6140. The standard InChI is InChI=1S/C53H35N7.C49H31N11/c1-3-7-40(8-4-1)51-58-52(41-9-5-2-6-10-41)60-53(59-51)46-32-44(42-11-13-47(36-15-23-54-24-16-36)49(34-42)38-19-27-56-28-20-38)31-45(33-46)43-12-14-48(37-17-25-55-26-18-37)50(35-43)39-21-29-57-30-22-39;1-3-11-32(12-4-1)43-58-44(33-13-5-2-6-14-33)60-45(59-43)38-28-36(34-15-17-39(46-50-19-7-20-51-46)41(30-34)48-54-23-9-24-55-48)27-37(29-38)35-16-18-40(47-52-21-8-22-53-47)42(31-35)49-56-25-10-26-57-49/h1-35H;1-31H. The maximum absolute atomic E-state index is 5.16. The lowest BCUT2D eigenvalue weighted by Gasteiger charge is -2.16. The maximum Gasteiger partial charge on any atom is 0.164 e. The lowest BCUT2D eigenvalue weighted by atomic mass is 9.88. The van der Waals surface area contributed by atoms with E-state index in [0.717, 1.165) is 145 Å². The molecule has 0 atom stereocenters. The van der Waals surface area contributed by atoms with Crippen LogP contribution in [0.15, 0.2) is 402 Å². The summed E-state index contributed by atoms with van der Waals surface area (Å²) in [5.41, 5.74) is 25.0. The Kier molecular flexibility index (Phi) is 20.8. The molecular formula is C102H66N18. The van der Waals surface area contributed by atoms with Gasteiger partial charge in [0.15, 0.2) is 58.2 Å². The number of aromatic nitrogens is 18. The fourth-order valence-corrected chi connectivity index (χ4v) is 14.6. The average molecular weight is 1540 g/mol. The van der Waals surface area contributed by atoms with E-state index < -0.39 is 0 Å². The molecule has 10 aromatic heterocycles. The van der Waals surface area contributed by atoms with Crippen LogP contribution in [0, 0.1) is 0 Å². The smallest absolute Gasteiger partial charge is 0.164 e. The zero-order valence-electron chi connectivity index (χ0n) is 64.2. The van der Waals surface area contributed by atoms with Crippen molar-refractivity contribution in [3.8, 4) is 203 Å². The van der Waals surface area contributed by atoms with Crippen molar-refractivity contribution in [3.05, 3.63) is 402 Å². The second-order valence-electron chi connectivity index (χ2n) is 27.9. The SMILES string of the molecule is c1ccc(-c2nc(-c3ccccc3)nc(-c3cc(-c4ccc(-c5ccncc5)c(-c5ccncc5)c4)cc(-c4ccc(-c5ccncc5)c(-c5ccncc5)c4)c3)n2)cc1.c1ccc(-c2nc(-c3ccccc3)nc(-c3cc(-c4ccc(-c5ncccn5)c(-c5ncccn5)c4)cc(-c4ccc(-c5ncccn5)c(-c5ncccn5)c4)c3)n2)cc1. The largest absolute Gasteiger partial charge is 0.265 e. The molecule has 0 bridgehead atoms. The Balaban J connectivity index is 0.000000159. The number of rotatable bonds is 18. The van der Waals surface area contributed by atoms with Crippen LogP contribution in [0.2, 0.25) is 0 Å². The third-order valence-electron chi connectivity index (χ3n) is 20.4. The van der Waals surface area contributed by atoms with E-state index in [4.69, 9.17) is 29.9 Å². The van der Waals surface area contributed by atoms with Gasteiger partial charge in [0.1, 0.15) is 0 Å². The summed E-state index contributed by atoms with van der Waals surface area (Å²) in [5.74, 6) is 5.71. The van der Waals surface area contributed by atoms with Gasteiger partial charge in [0, 0.05) is 155 Å². The van der Waals surface area contributed by atoms with Crippen molar-refractivity contribution in [1.82, 2.24) is 89.7 Å². The molecule has 20 aromatic rings. The van der Waals surface area contributed by atoms with Crippen molar-refractivity contribution in [2.45, 2.75) is 0 Å². The minimum atomic E-state index is 0.521. The molecule has 0 aliphatic carbocycles. The molecule has 0 amide bonds. The lowest BCUT2D eigenvalue weighted by molar-refractivity contribution is 1.07. The molecule has 0 N–H and O–H groups in total. The maximum atomic E-state index is 5.16.